The Hall–Kier alpha value is -1.11. The van der Waals surface area contributed by atoms with Crippen LogP contribution in [0.1, 0.15) is 11.5 Å². The van der Waals surface area contributed by atoms with Crippen molar-refractivity contribution in [3.05, 3.63) is 34.3 Å². The van der Waals surface area contributed by atoms with E-state index in [0.29, 0.717) is 0 Å². The Morgan fingerprint density at radius 2 is 2.00 bits per heavy atom. The maximum atomic E-state index is 10.9. The Kier molecular flexibility index (Phi) is 4.44. The molecule has 5 nitrogen and oxygen atoms in total. The number of aliphatic hydroxyl groups is 2. The number of carbonyl (C=O) groups is 1. The normalized spacial score (nSPS) is 27.3. The van der Waals surface area contributed by atoms with E-state index in [0.717, 1.165) is 14.9 Å². The lowest BCUT2D eigenvalue weighted by Gasteiger charge is -2.42. The quantitative estimate of drug-likeness (QED) is 0.810. The van der Waals surface area contributed by atoms with E-state index in [4.69, 9.17) is 0 Å². The van der Waals surface area contributed by atoms with E-state index in [-0.39, 0.29) is 31.5 Å². The van der Waals surface area contributed by atoms with Crippen molar-refractivity contribution in [3.8, 4) is 0 Å². The highest BCUT2D eigenvalue weighted by Crippen LogP contribution is 2.33. The van der Waals surface area contributed by atoms with Crippen LogP contribution in [0.2, 0.25) is 0 Å². The first kappa shape index (κ1) is 14.3. The van der Waals surface area contributed by atoms with Crippen LogP contribution in [0.4, 0.5) is 4.79 Å². The lowest BCUT2D eigenvalue weighted by atomic mass is 9.79. The number of nitrogens with zero attached hydrogens (tertiary/aromatic N) is 1. The Morgan fingerprint density at radius 1 is 1.37 bits per heavy atom. The number of halogens is 1. The van der Waals surface area contributed by atoms with Crippen molar-refractivity contribution in [2.75, 3.05) is 19.7 Å². The molecule has 1 heterocycles. The summed E-state index contributed by atoms with van der Waals surface area (Å²) in [5, 5.41) is 30.5. The number of likely N-dealkylation sites (tertiary alicyclic amines) is 1. The molecule has 1 fully saturated rings. The molecule has 104 valence electrons. The maximum absolute atomic E-state index is 10.9. The highest BCUT2D eigenvalue weighted by atomic mass is 79.9. The van der Waals surface area contributed by atoms with E-state index in [1.807, 2.05) is 24.3 Å². The number of benzene rings is 1. The van der Waals surface area contributed by atoms with Gasteiger partial charge < -0.3 is 25.0 Å². The van der Waals surface area contributed by atoms with Gasteiger partial charge in [-0.15, -0.1) is 0 Å². The van der Waals surface area contributed by atoms with Crippen molar-refractivity contribution in [2.24, 2.45) is 5.92 Å². The number of aliphatic hydroxyl groups excluding tert-OH is 2. The first-order chi connectivity index (χ1) is 9.02. The van der Waals surface area contributed by atoms with Gasteiger partial charge >= 0.3 is 0 Å². The molecular formula is C13H15BrNO4-. The molecule has 1 aromatic carbocycles. The molecule has 1 amide bonds. The third-order valence-electron chi connectivity index (χ3n) is 3.53. The van der Waals surface area contributed by atoms with Crippen LogP contribution in [-0.4, -0.2) is 47.0 Å². The fourth-order valence-corrected chi connectivity index (χ4v) is 2.89. The summed E-state index contributed by atoms with van der Waals surface area (Å²) in [4.78, 5) is 11.9. The Labute approximate surface area is 119 Å². The smallest absolute Gasteiger partial charge is 0.137 e. The van der Waals surface area contributed by atoms with Gasteiger partial charge in [0.1, 0.15) is 6.09 Å². The zero-order chi connectivity index (χ0) is 14.0. The molecule has 1 aromatic rings. The van der Waals surface area contributed by atoms with Crippen molar-refractivity contribution in [1.29, 1.82) is 0 Å². The minimum absolute atomic E-state index is 0.0135. The van der Waals surface area contributed by atoms with E-state index in [1.165, 1.54) is 0 Å². The molecule has 1 aliphatic rings. The van der Waals surface area contributed by atoms with Crippen LogP contribution in [0, 0.1) is 5.92 Å². The lowest BCUT2D eigenvalue weighted by Crippen LogP contribution is -2.54. The molecule has 19 heavy (non-hydrogen) atoms. The van der Waals surface area contributed by atoms with Crippen LogP contribution in [0.25, 0.3) is 0 Å². The Balaban J connectivity index is 2.24. The van der Waals surface area contributed by atoms with Gasteiger partial charge in [0.25, 0.3) is 0 Å². The largest absolute Gasteiger partial charge is 0.530 e. The number of carboxylic acid groups (broad SMARTS) is 1. The number of carbonyl (C=O) groups excluding carboxylic acids is 1. The number of hydrogen-bond acceptors (Lipinski definition) is 4. The molecule has 0 aromatic heterocycles. The molecule has 6 heteroatoms. The number of hydrogen-bond donors (Lipinski definition) is 2. The van der Waals surface area contributed by atoms with Gasteiger partial charge in [0.05, 0.1) is 6.10 Å². The van der Waals surface area contributed by atoms with Crippen molar-refractivity contribution < 1.29 is 20.1 Å². The molecule has 0 radical (unpaired) electrons. The molecule has 0 aliphatic carbocycles. The van der Waals surface area contributed by atoms with Crippen LogP contribution in [-0.2, 0) is 0 Å². The maximum Gasteiger partial charge on any atom is 0.137 e. The predicted molar refractivity (Wildman–Crippen MR) is 70.4 cm³/mol. The second kappa shape index (κ2) is 5.90. The summed E-state index contributed by atoms with van der Waals surface area (Å²) in [6.45, 7) is 0.0117. The van der Waals surface area contributed by atoms with Gasteiger partial charge in [-0.2, -0.15) is 0 Å². The number of rotatable bonds is 2. The summed E-state index contributed by atoms with van der Waals surface area (Å²) in [7, 11) is 0. The summed E-state index contributed by atoms with van der Waals surface area (Å²) >= 11 is 3.34. The van der Waals surface area contributed by atoms with Gasteiger partial charge in [0, 0.05) is 36.0 Å². The second-order valence-electron chi connectivity index (χ2n) is 4.76. The van der Waals surface area contributed by atoms with E-state index in [1.54, 1.807) is 0 Å². The average Bonchev–Trinajstić information content (AvgIpc) is 2.39. The molecule has 3 unspecified atom stereocenters. The zero-order valence-corrected chi connectivity index (χ0v) is 11.8. The molecule has 0 bridgehead atoms. The first-order valence-electron chi connectivity index (χ1n) is 6.03. The molecule has 0 spiro atoms. The number of piperidine rings is 1. The van der Waals surface area contributed by atoms with Gasteiger partial charge in [0.2, 0.25) is 0 Å². The fourth-order valence-electron chi connectivity index (χ4n) is 2.62. The summed E-state index contributed by atoms with van der Waals surface area (Å²) in [6, 6.07) is 7.47. The molecule has 3 atom stereocenters. The Morgan fingerprint density at radius 3 is 2.53 bits per heavy atom. The standard InChI is InChI=1S/C13H16BrNO4/c14-10-3-1-8(2-4-10)12-9(7-16)5-15(13(18)19)6-11(12)17/h1-4,9,11-12,16-17H,5-7H2,(H,18,19)/p-1. The van der Waals surface area contributed by atoms with E-state index in [2.05, 4.69) is 15.9 Å². The van der Waals surface area contributed by atoms with Crippen LogP contribution < -0.4 is 5.11 Å². The third kappa shape index (κ3) is 3.08. The molecular weight excluding hydrogens is 314 g/mol. The minimum Gasteiger partial charge on any atom is -0.530 e. The van der Waals surface area contributed by atoms with E-state index in [9.17, 15) is 20.1 Å². The van der Waals surface area contributed by atoms with E-state index >= 15 is 0 Å². The monoisotopic (exact) mass is 328 g/mol. The van der Waals surface area contributed by atoms with Gasteiger partial charge in [-0.25, -0.2) is 0 Å². The Bertz CT molecular complexity index is 450. The minimum atomic E-state index is -1.31. The number of amides is 1. The molecule has 2 N–H and O–H groups in total. The zero-order valence-electron chi connectivity index (χ0n) is 10.2. The molecule has 2 rings (SSSR count). The van der Waals surface area contributed by atoms with Crippen LogP contribution >= 0.6 is 15.9 Å². The summed E-state index contributed by atoms with van der Waals surface area (Å²) in [5.41, 5.74) is 0.896. The molecule has 1 saturated heterocycles. The van der Waals surface area contributed by atoms with Gasteiger partial charge in [-0.3, -0.25) is 0 Å². The highest BCUT2D eigenvalue weighted by molar-refractivity contribution is 9.10. The molecule has 0 saturated carbocycles. The average molecular weight is 329 g/mol. The second-order valence-corrected chi connectivity index (χ2v) is 5.67. The summed E-state index contributed by atoms with van der Waals surface area (Å²) in [6.07, 6.45) is -2.16. The predicted octanol–water partition coefficient (Wildman–Crippen LogP) is 0.161. The van der Waals surface area contributed by atoms with E-state index < -0.39 is 12.2 Å². The number of β-amino-alcohol motifs (C(OH)–C–C–N with tert-alkyl or cyclic N) is 1. The van der Waals surface area contributed by atoms with Crippen molar-refractivity contribution >= 4 is 22.0 Å². The lowest BCUT2D eigenvalue weighted by molar-refractivity contribution is -0.269. The summed E-state index contributed by atoms with van der Waals surface area (Å²) < 4.78 is 0.929. The van der Waals surface area contributed by atoms with Gasteiger partial charge in [0.15, 0.2) is 0 Å². The highest BCUT2D eigenvalue weighted by Gasteiger charge is 2.36. The van der Waals surface area contributed by atoms with Crippen LogP contribution in [0.5, 0.6) is 0 Å². The van der Waals surface area contributed by atoms with Crippen molar-refractivity contribution in [1.82, 2.24) is 4.90 Å². The van der Waals surface area contributed by atoms with Crippen molar-refractivity contribution in [2.45, 2.75) is 12.0 Å². The van der Waals surface area contributed by atoms with Gasteiger partial charge in [-0.1, -0.05) is 28.1 Å². The van der Waals surface area contributed by atoms with Crippen LogP contribution in [0.3, 0.4) is 0 Å². The fraction of sp³-hybridized carbons (Fsp3) is 0.462. The first-order valence-corrected chi connectivity index (χ1v) is 6.82. The summed E-state index contributed by atoms with van der Waals surface area (Å²) in [5.74, 6) is -0.600. The SMILES string of the molecule is O=C([O-])N1CC(O)C(c2ccc(Br)cc2)C(CO)C1. The third-order valence-corrected chi connectivity index (χ3v) is 4.06. The van der Waals surface area contributed by atoms with Crippen LogP contribution in [0.15, 0.2) is 28.7 Å². The van der Waals surface area contributed by atoms with Gasteiger partial charge in [-0.05, 0) is 17.7 Å². The van der Waals surface area contributed by atoms with Crippen molar-refractivity contribution in [3.63, 3.8) is 0 Å². The molecule has 1 aliphatic heterocycles. The topological polar surface area (TPSA) is 83.8 Å².